The summed E-state index contributed by atoms with van der Waals surface area (Å²) in [5.74, 6) is 1.56. The molecular formula is C32H45N6O6P. The van der Waals surface area contributed by atoms with E-state index >= 15 is 0 Å². The average molecular weight is 641 g/mol. The number of benzene rings is 2. The Balaban J connectivity index is 0.00000226. The van der Waals surface area contributed by atoms with E-state index in [1.54, 1.807) is 6.92 Å². The van der Waals surface area contributed by atoms with Crippen LogP contribution in [0, 0.1) is 12.8 Å². The van der Waals surface area contributed by atoms with Gasteiger partial charge in [-0.3, -0.25) is 9.36 Å². The molecule has 1 aliphatic rings. The van der Waals surface area contributed by atoms with Crippen molar-refractivity contribution in [2.45, 2.75) is 79.2 Å². The summed E-state index contributed by atoms with van der Waals surface area (Å²) in [7, 11) is -0.216. The second-order valence-electron chi connectivity index (χ2n) is 10.6. The number of rotatable bonds is 13. The highest BCUT2D eigenvalue weighted by Crippen LogP contribution is 2.42. The number of ether oxygens (including phenoxy) is 3. The molecule has 2 aromatic carbocycles. The third-order valence-electron chi connectivity index (χ3n) is 7.31. The van der Waals surface area contributed by atoms with Crippen molar-refractivity contribution in [3.63, 3.8) is 0 Å². The molecule has 4 aromatic rings. The van der Waals surface area contributed by atoms with E-state index < -0.39 is 14.6 Å². The molecule has 0 spiro atoms. The molecule has 3 heterocycles. The highest BCUT2D eigenvalue weighted by Gasteiger charge is 2.37. The molecule has 1 saturated heterocycles. The van der Waals surface area contributed by atoms with Crippen LogP contribution >= 0.6 is 8.53 Å². The number of carbonyl (C=O) groups is 1. The van der Waals surface area contributed by atoms with Crippen LogP contribution in [0.1, 0.15) is 65.9 Å². The molecule has 45 heavy (non-hydrogen) atoms. The van der Waals surface area contributed by atoms with Gasteiger partial charge in [-0.2, -0.15) is 9.97 Å². The lowest BCUT2D eigenvalue weighted by molar-refractivity contribution is -0.145. The Bertz CT molecular complexity index is 1560. The van der Waals surface area contributed by atoms with Gasteiger partial charge >= 0.3 is 14.5 Å². The maximum absolute atomic E-state index is 12.7. The van der Waals surface area contributed by atoms with E-state index in [4.69, 9.17) is 29.0 Å². The van der Waals surface area contributed by atoms with Gasteiger partial charge in [0.1, 0.15) is 23.8 Å². The first-order valence-electron chi connectivity index (χ1n) is 15.5. The number of imidazole rings is 1. The smallest absolute Gasteiger partial charge is 0.323 e. The molecule has 0 bridgehead atoms. The molecule has 0 aliphatic carbocycles. The fourth-order valence-electron chi connectivity index (χ4n) is 5.12. The van der Waals surface area contributed by atoms with Crippen molar-refractivity contribution in [2.24, 2.45) is 5.92 Å². The molecule has 5 atom stereocenters. The van der Waals surface area contributed by atoms with Crippen LogP contribution in [0.15, 0.2) is 42.5 Å². The molecule has 13 heteroatoms. The number of nitrogens with one attached hydrogen (secondary N) is 1. The molecule has 1 fully saturated rings. The summed E-state index contributed by atoms with van der Waals surface area (Å²) >= 11 is 0. The van der Waals surface area contributed by atoms with Crippen LogP contribution in [-0.2, 0) is 18.8 Å². The van der Waals surface area contributed by atoms with Crippen LogP contribution in [0.4, 0.5) is 5.95 Å². The predicted molar refractivity (Wildman–Crippen MR) is 176 cm³/mol. The first-order chi connectivity index (χ1) is 21.8. The largest absolute Gasteiger partial charge is 0.479 e. The molecule has 244 valence electrons. The Morgan fingerprint density at radius 2 is 1.93 bits per heavy atom. The van der Waals surface area contributed by atoms with Gasteiger partial charge in [0, 0.05) is 11.3 Å². The monoisotopic (exact) mass is 640 g/mol. The second kappa shape index (κ2) is 16.1. The van der Waals surface area contributed by atoms with Crippen LogP contribution in [0.5, 0.6) is 11.6 Å². The summed E-state index contributed by atoms with van der Waals surface area (Å²) in [6.07, 6.45) is 1.90. The van der Waals surface area contributed by atoms with Gasteiger partial charge in [0.05, 0.1) is 26.4 Å². The molecule has 2 aromatic heterocycles. The molecule has 5 unspecified atom stereocenters. The third-order valence-corrected chi connectivity index (χ3v) is 8.65. The highest BCUT2D eigenvalue weighted by atomic mass is 31.2. The van der Waals surface area contributed by atoms with Gasteiger partial charge in [-0.15, -0.1) is 0 Å². The van der Waals surface area contributed by atoms with E-state index in [0.29, 0.717) is 35.2 Å². The third kappa shape index (κ3) is 8.18. The van der Waals surface area contributed by atoms with Crippen LogP contribution < -0.4 is 20.1 Å². The molecule has 1 aliphatic heterocycles. The van der Waals surface area contributed by atoms with Crippen molar-refractivity contribution in [1.82, 2.24) is 24.6 Å². The van der Waals surface area contributed by atoms with Crippen molar-refractivity contribution in [3.8, 4) is 11.6 Å². The van der Waals surface area contributed by atoms with Gasteiger partial charge in [0.25, 0.3) is 0 Å². The number of fused-ring (bicyclic) bond motifs is 2. The SMILES string of the molecule is CC.CCCCOC(=O)C(C)NP(OCC1CC(C)C(n2c(C)nc3c(OC)nc(N)nc32)O1)Oc1cccc2ccccc12. The van der Waals surface area contributed by atoms with Gasteiger partial charge in [-0.25, -0.2) is 10.1 Å². The number of unbranched alkanes of at least 4 members (excludes halogenated alkanes) is 1. The fraction of sp³-hybridized carbons (Fsp3) is 0.500. The minimum Gasteiger partial charge on any atom is -0.479 e. The number of anilines is 1. The summed E-state index contributed by atoms with van der Waals surface area (Å²) in [6.45, 7) is 12.4. The van der Waals surface area contributed by atoms with E-state index in [-0.39, 0.29) is 36.8 Å². The van der Waals surface area contributed by atoms with E-state index in [0.717, 1.165) is 30.0 Å². The minimum absolute atomic E-state index is 0.0978. The summed E-state index contributed by atoms with van der Waals surface area (Å²) in [5.41, 5.74) is 7.04. The Morgan fingerprint density at radius 3 is 2.69 bits per heavy atom. The fourth-order valence-corrected chi connectivity index (χ4v) is 6.36. The van der Waals surface area contributed by atoms with Crippen LogP contribution in [0.2, 0.25) is 0 Å². The number of methoxy groups -OCH3 is 1. The Morgan fingerprint density at radius 1 is 1.18 bits per heavy atom. The zero-order valence-corrected chi connectivity index (χ0v) is 28.0. The number of nitrogens with two attached hydrogens (primary N) is 1. The average Bonchev–Trinajstić information content (AvgIpc) is 3.57. The number of hydrogen-bond acceptors (Lipinski definition) is 11. The molecule has 0 saturated carbocycles. The Kier molecular flexibility index (Phi) is 12.3. The molecular weight excluding hydrogens is 595 g/mol. The zero-order valence-electron chi connectivity index (χ0n) is 27.1. The lowest BCUT2D eigenvalue weighted by Gasteiger charge is -2.24. The summed E-state index contributed by atoms with van der Waals surface area (Å²) in [4.78, 5) is 25.9. The molecule has 3 N–H and O–H groups in total. The van der Waals surface area contributed by atoms with Crippen molar-refractivity contribution < 1.29 is 28.1 Å². The van der Waals surface area contributed by atoms with E-state index in [2.05, 4.69) is 27.0 Å². The summed E-state index contributed by atoms with van der Waals surface area (Å²) in [6, 6.07) is 13.2. The van der Waals surface area contributed by atoms with Gasteiger partial charge in [0.15, 0.2) is 11.2 Å². The Labute approximate surface area is 265 Å². The summed E-state index contributed by atoms with van der Waals surface area (Å²) < 4.78 is 31.9. The second-order valence-corrected chi connectivity index (χ2v) is 11.9. The first-order valence-corrected chi connectivity index (χ1v) is 16.7. The highest BCUT2D eigenvalue weighted by molar-refractivity contribution is 7.45. The number of nitrogen functional groups attached to an aromatic ring is 1. The van der Waals surface area contributed by atoms with E-state index in [9.17, 15) is 4.79 Å². The first kappa shape index (κ1) is 34.3. The van der Waals surface area contributed by atoms with Crippen molar-refractivity contribution >= 4 is 42.4 Å². The van der Waals surface area contributed by atoms with Gasteiger partial charge in [-0.1, -0.05) is 70.5 Å². The molecule has 5 rings (SSSR count). The maximum Gasteiger partial charge on any atom is 0.323 e. The normalized spacial score (nSPS) is 19.1. The van der Waals surface area contributed by atoms with Gasteiger partial charge in [-0.05, 0) is 38.1 Å². The number of aryl methyl sites for hydroxylation is 1. The van der Waals surface area contributed by atoms with Crippen LogP contribution in [-0.4, -0.2) is 58.0 Å². The molecule has 0 radical (unpaired) electrons. The molecule has 12 nitrogen and oxygen atoms in total. The van der Waals surface area contributed by atoms with Gasteiger partial charge < -0.3 is 29.0 Å². The topological polar surface area (TPSA) is 145 Å². The van der Waals surface area contributed by atoms with E-state index in [1.165, 1.54) is 7.11 Å². The maximum atomic E-state index is 12.7. The number of hydrogen-bond donors (Lipinski definition) is 2. The minimum atomic E-state index is -1.74. The lowest BCUT2D eigenvalue weighted by Crippen LogP contribution is -2.34. The van der Waals surface area contributed by atoms with E-state index in [1.807, 2.05) is 74.7 Å². The van der Waals surface area contributed by atoms with Crippen LogP contribution in [0.3, 0.4) is 0 Å². The van der Waals surface area contributed by atoms with Crippen molar-refractivity contribution in [1.29, 1.82) is 0 Å². The van der Waals surface area contributed by atoms with Gasteiger partial charge in [0.2, 0.25) is 11.8 Å². The number of esters is 1. The summed E-state index contributed by atoms with van der Waals surface area (Å²) in [5, 5.41) is 5.21. The number of carbonyl (C=O) groups excluding carboxylic acids is 1. The quantitative estimate of drug-likeness (QED) is 0.0942. The number of aromatic nitrogens is 4. The zero-order chi connectivity index (χ0) is 32.5. The van der Waals surface area contributed by atoms with Crippen molar-refractivity contribution in [3.05, 3.63) is 48.3 Å². The lowest BCUT2D eigenvalue weighted by atomic mass is 10.1. The predicted octanol–water partition coefficient (Wildman–Crippen LogP) is 6.47. The molecule has 0 amide bonds. The Hall–Kier alpha value is -3.57. The van der Waals surface area contributed by atoms with Crippen molar-refractivity contribution in [2.75, 3.05) is 26.1 Å². The number of nitrogens with zero attached hydrogens (tertiary/aromatic N) is 4. The standard InChI is InChI=1S/C30H39N6O6P.C2H6/c1-6-7-15-39-29(37)19(3)35-43(42-24-14-10-12-21-11-8-9-13-23(21)24)40-17-22-16-18(2)28(41-22)36-20(4)32-25-26(36)33-30(31)34-27(25)38-5;1-2/h8-14,18-19,22,28,35H,6-7,15-17H2,1-5H3,(H2,31,33,34);1-2H3. The van der Waals surface area contributed by atoms with Crippen LogP contribution in [0.25, 0.3) is 21.9 Å².